The maximum atomic E-state index is 12.4. The van der Waals surface area contributed by atoms with Crippen LogP contribution >= 0.6 is 22.9 Å². The highest BCUT2D eigenvalue weighted by Gasteiger charge is 2.17. The lowest BCUT2D eigenvalue weighted by molar-refractivity contribution is 0.103. The number of rotatable bonds is 3. The monoisotopic (exact) mass is 331 g/mol. The number of hydrogen-bond acceptors (Lipinski definition) is 3. The van der Waals surface area contributed by atoms with Crippen molar-refractivity contribution in [3.8, 4) is 5.75 Å². The zero-order chi connectivity index (χ0) is 15.7. The van der Waals surface area contributed by atoms with Crippen molar-refractivity contribution in [1.82, 2.24) is 0 Å². The fourth-order valence-electron chi connectivity index (χ4n) is 2.14. The number of nitrogens with one attached hydrogen (secondary N) is 1. The highest BCUT2D eigenvalue weighted by molar-refractivity contribution is 7.21. The molecule has 112 valence electrons. The Labute approximate surface area is 137 Å². The molecule has 2 aromatic carbocycles. The van der Waals surface area contributed by atoms with E-state index in [4.69, 9.17) is 16.3 Å². The molecule has 0 aliphatic carbocycles. The van der Waals surface area contributed by atoms with Crippen molar-refractivity contribution in [2.45, 2.75) is 6.92 Å². The third kappa shape index (κ3) is 2.80. The van der Waals surface area contributed by atoms with Gasteiger partial charge in [-0.05, 0) is 37.3 Å². The number of methoxy groups -OCH3 is 1. The highest BCUT2D eigenvalue weighted by Crippen LogP contribution is 2.37. The van der Waals surface area contributed by atoms with Crippen LogP contribution in [-0.4, -0.2) is 13.0 Å². The average Bonchev–Trinajstić information content (AvgIpc) is 2.86. The largest absolute Gasteiger partial charge is 0.497 e. The maximum absolute atomic E-state index is 12.4. The zero-order valence-electron chi connectivity index (χ0n) is 12.1. The average molecular weight is 332 g/mol. The molecule has 1 N–H and O–H groups in total. The molecule has 0 saturated heterocycles. The molecule has 0 spiro atoms. The number of benzene rings is 2. The van der Waals surface area contributed by atoms with Gasteiger partial charge in [0.15, 0.2) is 0 Å². The Bertz CT molecular complexity index is 840. The smallest absolute Gasteiger partial charge is 0.267 e. The maximum Gasteiger partial charge on any atom is 0.267 e. The lowest BCUT2D eigenvalue weighted by Crippen LogP contribution is -2.10. The predicted molar refractivity (Wildman–Crippen MR) is 92.5 cm³/mol. The van der Waals surface area contributed by atoms with E-state index in [1.165, 1.54) is 11.3 Å². The third-order valence-electron chi connectivity index (χ3n) is 3.35. The van der Waals surface area contributed by atoms with Crippen LogP contribution in [0.4, 0.5) is 5.69 Å². The van der Waals surface area contributed by atoms with Crippen LogP contribution in [0, 0.1) is 6.92 Å². The summed E-state index contributed by atoms with van der Waals surface area (Å²) in [5, 5.41) is 4.21. The summed E-state index contributed by atoms with van der Waals surface area (Å²) >= 11 is 7.71. The zero-order valence-corrected chi connectivity index (χ0v) is 13.7. The molecule has 3 aromatic rings. The van der Waals surface area contributed by atoms with Crippen LogP contribution in [0.3, 0.4) is 0 Å². The molecule has 1 heterocycles. The van der Waals surface area contributed by atoms with E-state index in [9.17, 15) is 4.79 Å². The SMILES string of the molecule is COc1ccc2c(Cl)c(C(=O)Nc3ccc(C)cc3)sc2c1. The van der Waals surface area contributed by atoms with Gasteiger partial charge in [-0.15, -0.1) is 11.3 Å². The lowest BCUT2D eigenvalue weighted by atomic mass is 10.2. The molecule has 0 bridgehead atoms. The van der Waals surface area contributed by atoms with E-state index in [2.05, 4.69) is 5.32 Å². The molecule has 0 fully saturated rings. The van der Waals surface area contributed by atoms with Crippen molar-refractivity contribution in [1.29, 1.82) is 0 Å². The topological polar surface area (TPSA) is 38.3 Å². The number of ether oxygens (including phenoxy) is 1. The number of halogens is 1. The van der Waals surface area contributed by atoms with Crippen molar-refractivity contribution in [3.05, 3.63) is 57.9 Å². The number of hydrogen-bond donors (Lipinski definition) is 1. The predicted octanol–water partition coefficient (Wildman–Crippen LogP) is 5.12. The van der Waals surface area contributed by atoms with Gasteiger partial charge >= 0.3 is 0 Å². The molecule has 0 unspecified atom stereocenters. The van der Waals surface area contributed by atoms with Crippen molar-refractivity contribution >= 4 is 44.6 Å². The number of amides is 1. The van der Waals surface area contributed by atoms with Crippen molar-refractivity contribution in [3.63, 3.8) is 0 Å². The summed E-state index contributed by atoms with van der Waals surface area (Å²) < 4.78 is 6.13. The van der Waals surface area contributed by atoms with Crippen LogP contribution in [0.2, 0.25) is 5.02 Å². The van der Waals surface area contributed by atoms with E-state index < -0.39 is 0 Å². The van der Waals surface area contributed by atoms with E-state index in [0.29, 0.717) is 9.90 Å². The molecular formula is C17H14ClNO2S. The van der Waals surface area contributed by atoms with Gasteiger partial charge in [0.05, 0.1) is 12.1 Å². The van der Waals surface area contributed by atoms with Crippen LogP contribution < -0.4 is 10.1 Å². The van der Waals surface area contributed by atoms with Gasteiger partial charge in [-0.25, -0.2) is 0 Å². The minimum absolute atomic E-state index is 0.200. The summed E-state index contributed by atoms with van der Waals surface area (Å²) in [7, 11) is 1.61. The summed E-state index contributed by atoms with van der Waals surface area (Å²) in [6, 6.07) is 13.2. The molecule has 0 radical (unpaired) electrons. The van der Waals surface area contributed by atoms with Crippen LogP contribution in [0.5, 0.6) is 5.75 Å². The van der Waals surface area contributed by atoms with E-state index in [1.54, 1.807) is 7.11 Å². The first-order chi connectivity index (χ1) is 10.6. The molecule has 0 saturated carbocycles. The third-order valence-corrected chi connectivity index (χ3v) is 5.01. The fraction of sp³-hybridized carbons (Fsp3) is 0.118. The highest BCUT2D eigenvalue weighted by atomic mass is 35.5. The van der Waals surface area contributed by atoms with Crippen molar-refractivity contribution < 1.29 is 9.53 Å². The molecule has 3 rings (SSSR count). The number of anilines is 1. The van der Waals surface area contributed by atoms with Crippen LogP contribution in [0.15, 0.2) is 42.5 Å². The van der Waals surface area contributed by atoms with Crippen LogP contribution in [-0.2, 0) is 0 Å². The summed E-state index contributed by atoms with van der Waals surface area (Å²) in [6.45, 7) is 2.00. The molecule has 1 aromatic heterocycles. The second kappa shape index (κ2) is 5.99. The molecule has 5 heteroatoms. The number of fused-ring (bicyclic) bond motifs is 1. The van der Waals surface area contributed by atoms with Gasteiger partial charge in [-0.1, -0.05) is 29.3 Å². The summed E-state index contributed by atoms with van der Waals surface area (Å²) in [5.74, 6) is 0.546. The number of carbonyl (C=O) groups is 1. The van der Waals surface area contributed by atoms with E-state index in [0.717, 1.165) is 27.1 Å². The Hall–Kier alpha value is -2.04. The van der Waals surface area contributed by atoms with Crippen molar-refractivity contribution in [2.24, 2.45) is 0 Å². The van der Waals surface area contributed by atoms with Gasteiger partial charge in [0.2, 0.25) is 0 Å². The van der Waals surface area contributed by atoms with E-state index in [-0.39, 0.29) is 5.91 Å². The van der Waals surface area contributed by atoms with Gasteiger partial charge in [0.25, 0.3) is 5.91 Å². The van der Waals surface area contributed by atoms with Crippen LogP contribution in [0.1, 0.15) is 15.2 Å². The molecule has 1 amide bonds. The molecule has 0 aliphatic rings. The normalized spacial score (nSPS) is 10.7. The minimum atomic E-state index is -0.200. The van der Waals surface area contributed by atoms with E-state index in [1.807, 2.05) is 49.4 Å². The Morgan fingerprint density at radius 1 is 1.18 bits per heavy atom. The summed E-state index contributed by atoms with van der Waals surface area (Å²) in [5.41, 5.74) is 1.90. The Morgan fingerprint density at radius 3 is 2.59 bits per heavy atom. The Kier molecular flexibility index (Phi) is 4.05. The molecule has 3 nitrogen and oxygen atoms in total. The Balaban J connectivity index is 1.93. The lowest BCUT2D eigenvalue weighted by Gasteiger charge is -2.04. The van der Waals surface area contributed by atoms with Gasteiger partial charge in [0.1, 0.15) is 10.6 Å². The minimum Gasteiger partial charge on any atom is -0.497 e. The number of aryl methyl sites for hydroxylation is 1. The Morgan fingerprint density at radius 2 is 1.91 bits per heavy atom. The molecule has 22 heavy (non-hydrogen) atoms. The first-order valence-corrected chi connectivity index (χ1v) is 7.92. The van der Waals surface area contributed by atoms with Gasteiger partial charge in [-0.2, -0.15) is 0 Å². The fourth-order valence-corrected chi connectivity index (χ4v) is 3.58. The number of thiophene rings is 1. The quantitative estimate of drug-likeness (QED) is 0.723. The van der Waals surface area contributed by atoms with Crippen molar-refractivity contribution in [2.75, 3.05) is 12.4 Å². The van der Waals surface area contributed by atoms with Gasteiger partial charge in [0, 0.05) is 15.8 Å². The second-order valence-electron chi connectivity index (χ2n) is 4.93. The summed E-state index contributed by atoms with van der Waals surface area (Å²) in [6.07, 6.45) is 0. The molecular weight excluding hydrogens is 318 g/mol. The summed E-state index contributed by atoms with van der Waals surface area (Å²) in [4.78, 5) is 12.9. The first-order valence-electron chi connectivity index (χ1n) is 6.72. The molecule has 0 aliphatic heterocycles. The second-order valence-corrected chi connectivity index (χ2v) is 6.36. The van der Waals surface area contributed by atoms with Crippen LogP contribution in [0.25, 0.3) is 10.1 Å². The van der Waals surface area contributed by atoms with E-state index >= 15 is 0 Å². The van der Waals surface area contributed by atoms with Gasteiger partial charge < -0.3 is 10.1 Å². The number of carbonyl (C=O) groups excluding carboxylic acids is 1. The van der Waals surface area contributed by atoms with Gasteiger partial charge in [-0.3, -0.25) is 4.79 Å². The standard InChI is InChI=1S/C17H14ClNO2S/c1-10-3-5-11(6-4-10)19-17(20)16-15(18)13-8-7-12(21-2)9-14(13)22-16/h3-9H,1-2H3,(H,19,20). The molecule has 0 atom stereocenters. The first kappa shape index (κ1) is 14.9.